The van der Waals surface area contributed by atoms with Gasteiger partial charge in [0.1, 0.15) is 0 Å². The van der Waals surface area contributed by atoms with E-state index >= 15 is 0 Å². The van der Waals surface area contributed by atoms with Crippen molar-refractivity contribution >= 4 is 27.3 Å². The molecule has 19 heavy (non-hydrogen) atoms. The molecule has 2 rings (SSSR count). The molecular weight excluding hydrogens is 322 g/mol. The van der Waals surface area contributed by atoms with Crippen molar-refractivity contribution in [3.8, 4) is 0 Å². The number of nitrogens with zero attached hydrogens (tertiary/aromatic N) is 2. The van der Waals surface area contributed by atoms with E-state index in [1.165, 1.54) is 15.8 Å². The fraction of sp³-hybridized carbons (Fsp3) is 0.714. The molecule has 1 aromatic rings. The van der Waals surface area contributed by atoms with Gasteiger partial charge in [0.25, 0.3) is 0 Å². The van der Waals surface area contributed by atoms with E-state index in [-0.39, 0.29) is 5.54 Å². The second-order valence-electron chi connectivity index (χ2n) is 5.86. The minimum absolute atomic E-state index is 0.138. The Balaban J connectivity index is 2.05. The van der Waals surface area contributed by atoms with Gasteiger partial charge in [0.05, 0.1) is 3.79 Å². The highest BCUT2D eigenvalue weighted by atomic mass is 79.9. The van der Waals surface area contributed by atoms with E-state index in [4.69, 9.17) is 5.73 Å². The first-order valence-corrected chi connectivity index (χ1v) is 8.52. The summed E-state index contributed by atoms with van der Waals surface area (Å²) in [4.78, 5) is 4.98. The van der Waals surface area contributed by atoms with Crippen LogP contribution in [0.5, 0.6) is 0 Å². The van der Waals surface area contributed by atoms with Gasteiger partial charge in [-0.2, -0.15) is 0 Å². The molecule has 0 bridgehead atoms. The Hall–Kier alpha value is 0.0600. The van der Waals surface area contributed by atoms with Crippen LogP contribution in [0.2, 0.25) is 0 Å². The second kappa shape index (κ2) is 6.22. The lowest BCUT2D eigenvalue weighted by Crippen LogP contribution is -2.53. The van der Waals surface area contributed by atoms with Crippen molar-refractivity contribution in [1.82, 2.24) is 9.80 Å². The molecule has 2 heterocycles. The largest absolute Gasteiger partial charge is 0.329 e. The van der Waals surface area contributed by atoms with Crippen LogP contribution in [0.3, 0.4) is 0 Å². The summed E-state index contributed by atoms with van der Waals surface area (Å²) in [6.45, 7) is 8.49. The quantitative estimate of drug-likeness (QED) is 0.890. The lowest BCUT2D eigenvalue weighted by Gasteiger charge is -2.38. The molecule has 0 aliphatic carbocycles. The Bertz CT molecular complexity index is 421. The maximum atomic E-state index is 6.12. The van der Waals surface area contributed by atoms with Crippen molar-refractivity contribution in [3.05, 3.63) is 20.8 Å². The van der Waals surface area contributed by atoms with Gasteiger partial charge >= 0.3 is 0 Å². The molecule has 1 aliphatic heterocycles. The number of nitrogens with two attached hydrogens (primary N) is 1. The van der Waals surface area contributed by atoms with Crippen molar-refractivity contribution in [1.29, 1.82) is 0 Å². The van der Waals surface area contributed by atoms with Gasteiger partial charge in [-0.15, -0.1) is 11.3 Å². The standard InChI is InChI=1S/C14H24BrN3S/c1-11(2)18-5-4-14(9-16,10-18)17(3)7-12-6-13(15)19-8-12/h6,8,11H,4-5,7,9-10,16H2,1-3H3. The fourth-order valence-electron chi connectivity index (χ4n) is 2.83. The Kier molecular flexibility index (Phi) is 5.06. The monoisotopic (exact) mass is 345 g/mol. The van der Waals surface area contributed by atoms with Crippen molar-refractivity contribution in [2.24, 2.45) is 5.73 Å². The summed E-state index contributed by atoms with van der Waals surface area (Å²) < 4.78 is 1.20. The molecule has 0 aromatic carbocycles. The summed E-state index contributed by atoms with van der Waals surface area (Å²) in [7, 11) is 2.21. The molecule has 1 saturated heterocycles. The normalized spacial score (nSPS) is 24.8. The molecule has 108 valence electrons. The first kappa shape index (κ1) is 15.4. The molecule has 0 saturated carbocycles. The molecule has 1 fully saturated rings. The molecule has 3 nitrogen and oxygen atoms in total. The number of likely N-dealkylation sites (N-methyl/N-ethyl adjacent to an activating group) is 1. The highest BCUT2D eigenvalue weighted by Gasteiger charge is 2.40. The van der Waals surface area contributed by atoms with Crippen LogP contribution < -0.4 is 5.73 Å². The highest BCUT2D eigenvalue weighted by molar-refractivity contribution is 9.11. The zero-order valence-electron chi connectivity index (χ0n) is 12.0. The van der Waals surface area contributed by atoms with Gasteiger partial charge in [0.15, 0.2) is 0 Å². The average Bonchev–Trinajstić information content (AvgIpc) is 2.96. The third-order valence-electron chi connectivity index (χ3n) is 4.32. The summed E-state index contributed by atoms with van der Waals surface area (Å²) in [5.74, 6) is 0. The van der Waals surface area contributed by atoms with E-state index in [2.05, 4.69) is 58.1 Å². The number of hydrogen-bond acceptors (Lipinski definition) is 4. The lowest BCUT2D eigenvalue weighted by atomic mass is 9.96. The van der Waals surface area contributed by atoms with Gasteiger partial charge in [-0.05, 0) is 60.3 Å². The van der Waals surface area contributed by atoms with Gasteiger partial charge in [-0.1, -0.05) is 0 Å². The van der Waals surface area contributed by atoms with Crippen molar-refractivity contribution in [2.45, 2.75) is 38.4 Å². The molecule has 0 radical (unpaired) electrons. The van der Waals surface area contributed by atoms with E-state index < -0.39 is 0 Å². The van der Waals surface area contributed by atoms with Gasteiger partial charge in [-0.3, -0.25) is 9.80 Å². The van der Waals surface area contributed by atoms with E-state index in [9.17, 15) is 0 Å². The predicted octanol–water partition coefficient (Wildman–Crippen LogP) is 2.75. The minimum atomic E-state index is 0.138. The number of hydrogen-bond donors (Lipinski definition) is 1. The van der Waals surface area contributed by atoms with Crippen LogP contribution in [0.25, 0.3) is 0 Å². The van der Waals surface area contributed by atoms with Crippen molar-refractivity contribution in [2.75, 3.05) is 26.7 Å². The molecule has 5 heteroatoms. The summed E-state index contributed by atoms with van der Waals surface area (Å²) in [6.07, 6.45) is 1.17. The number of rotatable bonds is 5. The number of halogens is 1. The molecule has 1 aromatic heterocycles. The first-order chi connectivity index (χ1) is 8.97. The van der Waals surface area contributed by atoms with Crippen LogP contribution in [0.1, 0.15) is 25.8 Å². The van der Waals surface area contributed by atoms with Crippen LogP contribution in [0.15, 0.2) is 15.2 Å². The lowest BCUT2D eigenvalue weighted by molar-refractivity contribution is 0.116. The molecular formula is C14H24BrN3S. The molecule has 2 N–H and O–H groups in total. The van der Waals surface area contributed by atoms with E-state index in [1.54, 1.807) is 11.3 Å². The Morgan fingerprint density at radius 1 is 1.58 bits per heavy atom. The Morgan fingerprint density at radius 2 is 2.32 bits per heavy atom. The number of thiophene rings is 1. The number of likely N-dealkylation sites (tertiary alicyclic amines) is 1. The van der Waals surface area contributed by atoms with E-state index in [1.807, 2.05) is 0 Å². The summed E-state index contributed by atoms with van der Waals surface area (Å²) in [5.41, 5.74) is 7.62. The van der Waals surface area contributed by atoms with Gasteiger partial charge < -0.3 is 5.73 Å². The zero-order chi connectivity index (χ0) is 14.0. The van der Waals surface area contributed by atoms with E-state index in [0.29, 0.717) is 6.04 Å². The predicted molar refractivity (Wildman–Crippen MR) is 86.6 cm³/mol. The third-order valence-corrected chi connectivity index (χ3v) is 5.88. The van der Waals surface area contributed by atoms with Gasteiger partial charge in [0.2, 0.25) is 0 Å². The van der Waals surface area contributed by atoms with E-state index in [0.717, 1.165) is 26.2 Å². The average molecular weight is 346 g/mol. The van der Waals surface area contributed by atoms with Crippen LogP contribution in [-0.2, 0) is 6.54 Å². The molecule has 1 atom stereocenters. The molecule has 0 spiro atoms. The van der Waals surface area contributed by atoms with Crippen molar-refractivity contribution in [3.63, 3.8) is 0 Å². The Morgan fingerprint density at radius 3 is 2.79 bits per heavy atom. The first-order valence-electron chi connectivity index (χ1n) is 6.85. The topological polar surface area (TPSA) is 32.5 Å². The summed E-state index contributed by atoms with van der Waals surface area (Å²) >= 11 is 5.28. The van der Waals surface area contributed by atoms with Gasteiger partial charge in [-0.25, -0.2) is 0 Å². The zero-order valence-corrected chi connectivity index (χ0v) is 14.4. The summed E-state index contributed by atoms with van der Waals surface area (Å²) in [6, 6.07) is 2.82. The minimum Gasteiger partial charge on any atom is -0.329 e. The smallest absolute Gasteiger partial charge is 0.0701 e. The maximum Gasteiger partial charge on any atom is 0.0701 e. The fourth-order valence-corrected chi connectivity index (χ4v) is 4.03. The highest BCUT2D eigenvalue weighted by Crippen LogP contribution is 2.30. The second-order valence-corrected chi connectivity index (χ2v) is 8.15. The summed E-state index contributed by atoms with van der Waals surface area (Å²) in [5, 5.41) is 2.22. The third kappa shape index (κ3) is 3.39. The van der Waals surface area contributed by atoms with Crippen LogP contribution in [0, 0.1) is 0 Å². The van der Waals surface area contributed by atoms with Crippen LogP contribution in [-0.4, -0.2) is 48.1 Å². The molecule has 1 aliphatic rings. The van der Waals surface area contributed by atoms with Crippen LogP contribution >= 0.6 is 27.3 Å². The Labute approximate surface area is 128 Å². The SMILES string of the molecule is CC(C)N1CCC(CN)(N(C)Cc2csc(Br)c2)C1. The maximum absolute atomic E-state index is 6.12. The van der Waals surface area contributed by atoms with Crippen LogP contribution in [0.4, 0.5) is 0 Å². The molecule has 0 amide bonds. The molecule has 1 unspecified atom stereocenters. The van der Waals surface area contributed by atoms with Gasteiger partial charge in [0, 0.05) is 37.8 Å². The van der Waals surface area contributed by atoms with Crippen molar-refractivity contribution < 1.29 is 0 Å².